The Labute approximate surface area is 172 Å². The number of carbonyl (C=O) groups excluding carboxylic acids is 2. The van der Waals surface area contributed by atoms with Gasteiger partial charge in [0.15, 0.2) is 0 Å². The van der Waals surface area contributed by atoms with E-state index in [0.29, 0.717) is 4.90 Å². The first-order valence-electron chi connectivity index (χ1n) is 8.61. The molecule has 0 radical (unpaired) electrons. The van der Waals surface area contributed by atoms with Gasteiger partial charge in [0.1, 0.15) is 12.3 Å². The fraction of sp³-hybridized carbons (Fsp3) is 0.105. The highest BCUT2D eigenvalue weighted by molar-refractivity contribution is 6.46. The van der Waals surface area contributed by atoms with E-state index in [1.165, 1.54) is 18.2 Å². The summed E-state index contributed by atoms with van der Waals surface area (Å²) in [5.74, 6) is -4.53. The van der Waals surface area contributed by atoms with Crippen LogP contribution < -0.4 is 0 Å². The van der Waals surface area contributed by atoms with Crippen molar-refractivity contribution in [2.45, 2.75) is 6.04 Å². The molecule has 1 heterocycles. The Kier molecular flexibility index (Phi) is 5.46. The van der Waals surface area contributed by atoms with Crippen molar-refractivity contribution in [3.8, 4) is 0 Å². The number of amides is 1. The van der Waals surface area contributed by atoms with E-state index in [4.69, 9.17) is 5.11 Å². The maximum atomic E-state index is 12.6. The molecule has 1 fully saturated rings. The fourth-order valence-corrected chi connectivity index (χ4v) is 3.24. The Morgan fingerprint density at radius 3 is 2.13 bits per heavy atom. The minimum Gasteiger partial charge on any atom is -0.507 e. The standard InChI is InChI=1S/C19H13N3O9/c23-14(24)9-20-16(11-2-1-3-13(8-11)22(30)31)15(18(26)19(20)27)17(25)10-4-6-12(7-5-10)21(28)29/h1-8,16,25H,9H2,(H,23,24)/t16-/m1/s1. The minimum absolute atomic E-state index is 0.0330. The molecule has 0 spiro atoms. The van der Waals surface area contributed by atoms with Crippen LogP contribution in [0.15, 0.2) is 54.1 Å². The maximum Gasteiger partial charge on any atom is 0.323 e. The van der Waals surface area contributed by atoms with Crippen LogP contribution in [-0.4, -0.2) is 49.2 Å². The van der Waals surface area contributed by atoms with Gasteiger partial charge in [-0.05, 0) is 17.7 Å². The number of nitrogens with zero attached hydrogens (tertiary/aromatic N) is 3. The molecule has 1 saturated heterocycles. The van der Waals surface area contributed by atoms with E-state index < -0.39 is 51.4 Å². The molecule has 1 aliphatic heterocycles. The number of carboxylic acid groups (broad SMARTS) is 1. The number of hydrogen-bond donors (Lipinski definition) is 2. The molecule has 1 amide bonds. The van der Waals surface area contributed by atoms with Crippen LogP contribution in [0.3, 0.4) is 0 Å². The number of rotatable bonds is 6. The lowest BCUT2D eigenvalue weighted by Crippen LogP contribution is -2.34. The third kappa shape index (κ3) is 3.94. The molecule has 12 heteroatoms. The lowest BCUT2D eigenvalue weighted by Gasteiger charge is -2.23. The monoisotopic (exact) mass is 427 g/mol. The summed E-state index contributed by atoms with van der Waals surface area (Å²) in [7, 11) is 0. The van der Waals surface area contributed by atoms with Gasteiger partial charge >= 0.3 is 5.97 Å². The van der Waals surface area contributed by atoms with E-state index in [9.17, 15) is 39.7 Å². The summed E-state index contributed by atoms with van der Waals surface area (Å²) >= 11 is 0. The molecule has 0 bridgehead atoms. The van der Waals surface area contributed by atoms with E-state index in [0.717, 1.165) is 30.3 Å². The summed E-state index contributed by atoms with van der Waals surface area (Å²) in [5, 5.41) is 41.8. The second-order valence-electron chi connectivity index (χ2n) is 6.48. The second-order valence-corrected chi connectivity index (χ2v) is 6.48. The Hall–Kier alpha value is -4.61. The fourth-order valence-electron chi connectivity index (χ4n) is 3.24. The number of ketones is 1. The molecule has 1 atom stereocenters. The van der Waals surface area contributed by atoms with Gasteiger partial charge < -0.3 is 15.1 Å². The first-order chi connectivity index (χ1) is 14.6. The van der Waals surface area contributed by atoms with Crippen molar-refractivity contribution < 1.29 is 34.4 Å². The molecule has 2 aromatic rings. The number of carboxylic acids is 1. The summed E-state index contributed by atoms with van der Waals surface area (Å²) in [4.78, 5) is 57.6. The number of non-ortho nitro benzene ring substituents is 2. The number of hydrogen-bond acceptors (Lipinski definition) is 8. The summed E-state index contributed by atoms with van der Waals surface area (Å²) in [6, 6.07) is 7.92. The van der Waals surface area contributed by atoms with E-state index in [2.05, 4.69) is 0 Å². The number of nitro groups is 2. The molecule has 2 N–H and O–H groups in total. The first-order valence-corrected chi connectivity index (χ1v) is 8.61. The second kappa shape index (κ2) is 8.02. The van der Waals surface area contributed by atoms with Crippen molar-refractivity contribution in [1.29, 1.82) is 0 Å². The predicted octanol–water partition coefficient (Wildman–Crippen LogP) is 2.01. The topological polar surface area (TPSA) is 181 Å². The van der Waals surface area contributed by atoms with Crippen LogP contribution in [0.1, 0.15) is 17.2 Å². The lowest BCUT2D eigenvalue weighted by molar-refractivity contribution is -0.385. The van der Waals surface area contributed by atoms with Gasteiger partial charge in [-0.2, -0.15) is 0 Å². The van der Waals surface area contributed by atoms with Gasteiger partial charge in [-0.25, -0.2) is 0 Å². The summed E-state index contributed by atoms with van der Waals surface area (Å²) in [6.45, 7) is -0.894. The molecule has 0 unspecified atom stereocenters. The van der Waals surface area contributed by atoms with Gasteiger partial charge in [0.25, 0.3) is 23.1 Å². The Morgan fingerprint density at radius 2 is 1.58 bits per heavy atom. The quantitative estimate of drug-likeness (QED) is 0.229. The van der Waals surface area contributed by atoms with Crippen LogP contribution in [0, 0.1) is 20.2 Å². The number of aliphatic carboxylic acids is 1. The van der Waals surface area contributed by atoms with Crippen molar-refractivity contribution in [1.82, 2.24) is 4.90 Å². The Balaban J connectivity index is 2.20. The third-order valence-corrected chi connectivity index (χ3v) is 4.59. The molecular formula is C19H13N3O9. The highest BCUT2D eigenvalue weighted by Gasteiger charge is 2.47. The van der Waals surface area contributed by atoms with E-state index in [1.54, 1.807) is 0 Å². The van der Waals surface area contributed by atoms with Gasteiger partial charge in [-0.3, -0.25) is 34.6 Å². The van der Waals surface area contributed by atoms with Crippen LogP contribution in [0.5, 0.6) is 0 Å². The van der Waals surface area contributed by atoms with Gasteiger partial charge in [-0.15, -0.1) is 0 Å². The Morgan fingerprint density at radius 1 is 0.968 bits per heavy atom. The number of Topliss-reactive ketones (excluding diaryl/α,β-unsaturated/α-hetero) is 1. The first kappa shape index (κ1) is 21.1. The normalized spacial score (nSPS) is 17.5. The molecular weight excluding hydrogens is 414 g/mol. The molecule has 31 heavy (non-hydrogen) atoms. The number of nitro benzene ring substituents is 2. The zero-order valence-corrected chi connectivity index (χ0v) is 15.5. The number of benzene rings is 2. The zero-order valence-electron chi connectivity index (χ0n) is 15.5. The van der Waals surface area contributed by atoms with Crippen molar-refractivity contribution in [3.05, 3.63) is 85.5 Å². The maximum absolute atomic E-state index is 12.6. The van der Waals surface area contributed by atoms with Crippen LogP contribution in [-0.2, 0) is 14.4 Å². The van der Waals surface area contributed by atoms with E-state index >= 15 is 0 Å². The number of carbonyl (C=O) groups is 3. The molecule has 2 aromatic carbocycles. The average molecular weight is 427 g/mol. The number of aliphatic hydroxyl groups is 1. The molecule has 3 rings (SSSR count). The highest BCUT2D eigenvalue weighted by Crippen LogP contribution is 2.40. The van der Waals surface area contributed by atoms with E-state index in [1.807, 2.05) is 0 Å². The summed E-state index contributed by atoms with van der Waals surface area (Å²) < 4.78 is 0. The van der Waals surface area contributed by atoms with Gasteiger partial charge in [0.2, 0.25) is 0 Å². The molecule has 12 nitrogen and oxygen atoms in total. The van der Waals surface area contributed by atoms with Crippen LogP contribution in [0.4, 0.5) is 11.4 Å². The molecule has 0 saturated carbocycles. The summed E-state index contributed by atoms with van der Waals surface area (Å²) in [6.07, 6.45) is 0. The molecule has 1 aliphatic rings. The van der Waals surface area contributed by atoms with Crippen molar-refractivity contribution in [2.24, 2.45) is 0 Å². The number of likely N-dealkylation sites (tertiary alicyclic amines) is 1. The lowest BCUT2D eigenvalue weighted by atomic mass is 9.95. The molecule has 0 aromatic heterocycles. The molecule has 158 valence electrons. The smallest absolute Gasteiger partial charge is 0.323 e. The van der Waals surface area contributed by atoms with Gasteiger partial charge in [-0.1, -0.05) is 12.1 Å². The SMILES string of the molecule is O=C(O)CN1C(=O)C(=O)C(=C(O)c2ccc([N+](=O)[O-])cc2)[C@H]1c1cccc([N+](=O)[O-])c1. The average Bonchev–Trinajstić information content (AvgIpc) is 2.97. The Bertz CT molecular complexity index is 1150. The van der Waals surface area contributed by atoms with Crippen LogP contribution >= 0.6 is 0 Å². The molecule has 0 aliphatic carbocycles. The zero-order chi connectivity index (χ0) is 22.9. The predicted molar refractivity (Wildman–Crippen MR) is 103 cm³/mol. The third-order valence-electron chi connectivity index (χ3n) is 4.59. The minimum atomic E-state index is -1.44. The van der Waals surface area contributed by atoms with Crippen molar-refractivity contribution in [2.75, 3.05) is 6.54 Å². The van der Waals surface area contributed by atoms with Crippen LogP contribution in [0.25, 0.3) is 5.76 Å². The number of aliphatic hydroxyl groups excluding tert-OH is 1. The van der Waals surface area contributed by atoms with Crippen molar-refractivity contribution in [3.63, 3.8) is 0 Å². The van der Waals surface area contributed by atoms with Gasteiger partial charge in [0.05, 0.1) is 21.5 Å². The van der Waals surface area contributed by atoms with Crippen LogP contribution in [0.2, 0.25) is 0 Å². The highest BCUT2D eigenvalue weighted by atomic mass is 16.6. The van der Waals surface area contributed by atoms with E-state index in [-0.39, 0.29) is 22.5 Å². The van der Waals surface area contributed by atoms with Crippen molar-refractivity contribution >= 4 is 34.8 Å². The summed E-state index contributed by atoms with van der Waals surface area (Å²) in [5.41, 5.74) is -1.13. The van der Waals surface area contributed by atoms with Gasteiger partial charge in [0, 0.05) is 29.8 Å². The largest absolute Gasteiger partial charge is 0.507 e.